The summed E-state index contributed by atoms with van der Waals surface area (Å²) < 4.78 is 5.29. The van der Waals surface area contributed by atoms with E-state index in [0.717, 1.165) is 12.1 Å². The molecule has 0 N–H and O–H groups in total. The number of hydrogen-bond donors (Lipinski definition) is 0. The molecule has 0 aromatic carbocycles. The molecular formula is C10H12N2O. The number of aromatic nitrogens is 2. The molecule has 0 unspecified atom stereocenters. The van der Waals surface area contributed by atoms with Gasteiger partial charge in [-0.1, -0.05) is 0 Å². The fourth-order valence-electron chi connectivity index (χ4n) is 0.787. The van der Waals surface area contributed by atoms with Crippen LogP contribution >= 0.6 is 0 Å². The standard InChI is InChI=1S/C10H12N2O/c1-3-4-5-6-13-10-8-11-9(2)7-12-10/h7-8H,5-6H2,1-2H3. The minimum atomic E-state index is 0.559. The monoisotopic (exact) mass is 176 g/mol. The summed E-state index contributed by atoms with van der Waals surface area (Å²) in [7, 11) is 0. The van der Waals surface area contributed by atoms with Crippen LogP contribution in [0.25, 0.3) is 0 Å². The first-order valence-corrected chi connectivity index (χ1v) is 4.14. The van der Waals surface area contributed by atoms with Crippen molar-refractivity contribution < 1.29 is 4.74 Å². The molecule has 68 valence electrons. The molecule has 0 spiro atoms. The Morgan fingerprint density at radius 1 is 1.38 bits per heavy atom. The van der Waals surface area contributed by atoms with E-state index in [1.54, 1.807) is 12.4 Å². The van der Waals surface area contributed by atoms with Crippen molar-refractivity contribution in [3.63, 3.8) is 0 Å². The molecule has 1 aromatic heterocycles. The molecule has 0 radical (unpaired) electrons. The smallest absolute Gasteiger partial charge is 0.232 e. The molecule has 0 atom stereocenters. The molecule has 0 saturated carbocycles. The van der Waals surface area contributed by atoms with Gasteiger partial charge < -0.3 is 4.74 Å². The molecule has 0 saturated heterocycles. The summed E-state index contributed by atoms with van der Waals surface area (Å²) in [4.78, 5) is 8.10. The van der Waals surface area contributed by atoms with Crippen molar-refractivity contribution in [2.75, 3.05) is 6.61 Å². The third-order valence-electron chi connectivity index (χ3n) is 1.41. The van der Waals surface area contributed by atoms with Gasteiger partial charge in [0.2, 0.25) is 5.88 Å². The molecule has 0 aliphatic carbocycles. The molecule has 1 aromatic rings. The molecule has 0 aliphatic rings. The van der Waals surface area contributed by atoms with Gasteiger partial charge in [0.05, 0.1) is 18.1 Å². The van der Waals surface area contributed by atoms with Crippen molar-refractivity contribution in [3.05, 3.63) is 18.1 Å². The van der Waals surface area contributed by atoms with E-state index in [4.69, 9.17) is 4.74 Å². The van der Waals surface area contributed by atoms with Crippen LogP contribution in [0.3, 0.4) is 0 Å². The fraction of sp³-hybridized carbons (Fsp3) is 0.400. The van der Waals surface area contributed by atoms with E-state index in [1.807, 2.05) is 13.8 Å². The van der Waals surface area contributed by atoms with E-state index in [2.05, 4.69) is 21.8 Å². The van der Waals surface area contributed by atoms with Gasteiger partial charge in [0, 0.05) is 6.42 Å². The summed E-state index contributed by atoms with van der Waals surface area (Å²) in [6.07, 6.45) is 4.03. The van der Waals surface area contributed by atoms with Crippen LogP contribution in [0, 0.1) is 18.8 Å². The normalized spacial score (nSPS) is 8.77. The Kier molecular flexibility index (Phi) is 3.77. The lowest BCUT2D eigenvalue weighted by molar-refractivity contribution is 0.312. The van der Waals surface area contributed by atoms with Gasteiger partial charge in [-0.25, -0.2) is 4.98 Å². The second-order valence-corrected chi connectivity index (χ2v) is 2.52. The average Bonchev–Trinajstić information content (AvgIpc) is 2.15. The zero-order chi connectivity index (χ0) is 9.52. The first-order valence-electron chi connectivity index (χ1n) is 4.14. The van der Waals surface area contributed by atoms with Crippen molar-refractivity contribution in [2.24, 2.45) is 0 Å². The maximum atomic E-state index is 5.29. The topological polar surface area (TPSA) is 35.0 Å². The summed E-state index contributed by atoms with van der Waals surface area (Å²) in [5.74, 6) is 6.26. The van der Waals surface area contributed by atoms with Crippen molar-refractivity contribution in [2.45, 2.75) is 20.3 Å². The van der Waals surface area contributed by atoms with E-state index in [9.17, 15) is 0 Å². The first kappa shape index (κ1) is 9.53. The van der Waals surface area contributed by atoms with Gasteiger partial charge >= 0.3 is 0 Å². The molecule has 13 heavy (non-hydrogen) atoms. The minimum absolute atomic E-state index is 0.559. The number of nitrogens with zero attached hydrogens (tertiary/aromatic N) is 2. The van der Waals surface area contributed by atoms with Crippen molar-refractivity contribution in [1.82, 2.24) is 9.97 Å². The van der Waals surface area contributed by atoms with Gasteiger partial charge in [-0.2, -0.15) is 0 Å². The Bertz CT molecular complexity index is 308. The van der Waals surface area contributed by atoms with Crippen LogP contribution in [0.5, 0.6) is 5.88 Å². The van der Waals surface area contributed by atoms with Crippen molar-refractivity contribution in [3.8, 4) is 17.7 Å². The Balaban J connectivity index is 2.36. The Hall–Kier alpha value is -1.56. The highest BCUT2D eigenvalue weighted by atomic mass is 16.5. The Labute approximate surface area is 78.2 Å². The van der Waals surface area contributed by atoms with Crippen LogP contribution in [-0.2, 0) is 0 Å². The molecule has 0 bridgehead atoms. The number of aryl methyl sites for hydroxylation is 1. The van der Waals surface area contributed by atoms with Crippen LogP contribution in [-0.4, -0.2) is 16.6 Å². The van der Waals surface area contributed by atoms with E-state index in [0.29, 0.717) is 12.5 Å². The first-order chi connectivity index (χ1) is 6.33. The third kappa shape index (κ3) is 3.57. The van der Waals surface area contributed by atoms with Crippen LogP contribution < -0.4 is 4.74 Å². The van der Waals surface area contributed by atoms with Crippen molar-refractivity contribution in [1.29, 1.82) is 0 Å². The van der Waals surface area contributed by atoms with Crippen LogP contribution in [0.1, 0.15) is 19.0 Å². The summed E-state index contributed by atoms with van der Waals surface area (Å²) >= 11 is 0. The van der Waals surface area contributed by atoms with Gasteiger partial charge in [-0.15, -0.1) is 11.8 Å². The number of rotatable bonds is 3. The molecule has 1 rings (SSSR count). The molecule has 1 heterocycles. The van der Waals surface area contributed by atoms with E-state index >= 15 is 0 Å². The maximum Gasteiger partial charge on any atom is 0.232 e. The van der Waals surface area contributed by atoms with Crippen LogP contribution in [0.15, 0.2) is 12.4 Å². The van der Waals surface area contributed by atoms with E-state index < -0.39 is 0 Å². The average molecular weight is 176 g/mol. The predicted molar refractivity (Wildman–Crippen MR) is 50.3 cm³/mol. The zero-order valence-electron chi connectivity index (χ0n) is 7.87. The summed E-state index contributed by atoms with van der Waals surface area (Å²) in [6, 6.07) is 0. The number of ether oxygens (including phenoxy) is 1. The summed E-state index contributed by atoms with van der Waals surface area (Å²) in [6.45, 7) is 4.27. The molecular weight excluding hydrogens is 164 g/mol. The summed E-state index contributed by atoms with van der Waals surface area (Å²) in [5.41, 5.74) is 0.890. The van der Waals surface area contributed by atoms with Gasteiger partial charge in [-0.3, -0.25) is 4.98 Å². The zero-order valence-corrected chi connectivity index (χ0v) is 7.87. The largest absolute Gasteiger partial charge is 0.476 e. The van der Waals surface area contributed by atoms with E-state index in [-0.39, 0.29) is 0 Å². The lowest BCUT2D eigenvalue weighted by Crippen LogP contribution is -1.98. The van der Waals surface area contributed by atoms with Gasteiger partial charge in [0.15, 0.2) is 0 Å². The third-order valence-corrected chi connectivity index (χ3v) is 1.41. The SMILES string of the molecule is CC#CCCOc1cnc(C)cn1. The second kappa shape index (κ2) is 5.15. The maximum absolute atomic E-state index is 5.29. The molecule has 3 heteroatoms. The minimum Gasteiger partial charge on any atom is -0.476 e. The predicted octanol–water partition coefficient (Wildman–Crippen LogP) is 1.58. The highest BCUT2D eigenvalue weighted by Crippen LogP contribution is 2.02. The quantitative estimate of drug-likeness (QED) is 0.518. The highest BCUT2D eigenvalue weighted by molar-refractivity contribution is 5.06. The lowest BCUT2D eigenvalue weighted by Gasteiger charge is -2.01. The van der Waals surface area contributed by atoms with Crippen molar-refractivity contribution >= 4 is 0 Å². The highest BCUT2D eigenvalue weighted by Gasteiger charge is 1.93. The fourth-order valence-corrected chi connectivity index (χ4v) is 0.787. The Morgan fingerprint density at radius 2 is 2.23 bits per heavy atom. The van der Waals surface area contributed by atoms with Crippen LogP contribution in [0.2, 0.25) is 0 Å². The number of hydrogen-bond acceptors (Lipinski definition) is 3. The second-order valence-electron chi connectivity index (χ2n) is 2.52. The molecule has 0 aliphatic heterocycles. The Morgan fingerprint density at radius 3 is 2.85 bits per heavy atom. The van der Waals surface area contributed by atoms with Gasteiger partial charge in [0.1, 0.15) is 6.61 Å². The van der Waals surface area contributed by atoms with Gasteiger partial charge in [0.25, 0.3) is 0 Å². The summed E-state index contributed by atoms with van der Waals surface area (Å²) in [5, 5.41) is 0. The lowest BCUT2D eigenvalue weighted by atomic mass is 10.4. The molecule has 0 fully saturated rings. The van der Waals surface area contributed by atoms with Crippen LogP contribution in [0.4, 0.5) is 0 Å². The molecule has 0 amide bonds. The molecule has 3 nitrogen and oxygen atoms in total. The van der Waals surface area contributed by atoms with E-state index in [1.165, 1.54) is 0 Å². The van der Waals surface area contributed by atoms with Gasteiger partial charge in [-0.05, 0) is 13.8 Å².